The maximum atomic E-state index is 12.3. The van der Waals surface area contributed by atoms with Crippen LogP contribution in [-0.2, 0) is 4.79 Å². The molecule has 2 N–H and O–H groups in total. The number of hydrogen-bond donors (Lipinski definition) is 1. The predicted octanol–water partition coefficient (Wildman–Crippen LogP) is 2.85. The molecule has 0 bridgehead atoms. The lowest BCUT2D eigenvalue weighted by atomic mass is 10.0. The summed E-state index contributed by atoms with van der Waals surface area (Å²) in [5.74, 6) is -0.113. The maximum Gasteiger partial charge on any atom is 0.213 e. The van der Waals surface area contributed by atoms with Crippen molar-refractivity contribution < 1.29 is 9.59 Å². The number of halogens is 1. The molecule has 0 saturated carbocycles. The summed E-state index contributed by atoms with van der Waals surface area (Å²) >= 11 is 3.32. The molecule has 0 aliphatic carbocycles. The molecule has 4 nitrogen and oxygen atoms in total. The summed E-state index contributed by atoms with van der Waals surface area (Å²) in [6.07, 6.45) is 0.714. The third kappa shape index (κ3) is 3.05. The molecule has 0 heterocycles. The van der Waals surface area contributed by atoms with Gasteiger partial charge in [-0.25, -0.2) is 0 Å². The van der Waals surface area contributed by atoms with Gasteiger partial charge in [0.1, 0.15) is 0 Å². The van der Waals surface area contributed by atoms with Gasteiger partial charge >= 0.3 is 0 Å². The Labute approximate surface area is 125 Å². The number of benzene rings is 2. The number of nitrogens with two attached hydrogens (primary N) is 1. The summed E-state index contributed by atoms with van der Waals surface area (Å²) in [7, 11) is 1.65. The van der Waals surface area contributed by atoms with Crippen molar-refractivity contribution in [3.05, 3.63) is 58.1 Å². The lowest BCUT2D eigenvalue weighted by molar-refractivity contribution is -0.107. The molecule has 0 aliphatic rings. The van der Waals surface area contributed by atoms with E-state index in [4.69, 9.17) is 5.73 Å². The minimum absolute atomic E-state index is 0.113. The van der Waals surface area contributed by atoms with Crippen LogP contribution in [0.1, 0.15) is 15.9 Å². The van der Waals surface area contributed by atoms with Gasteiger partial charge in [-0.05, 0) is 42.5 Å². The smallest absolute Gasteiger partial charge is 0.213 e. The summed E-state index contributed by atoms with van der Waals surface area (Å²) in [5, 5.41) is 0. The number of hydrogen-bond acceptors (Lipinski definition) is 3. The van der Waals surface area contributed by atoms with Gasteiger partial charge in [0.15, 0.2) is 5.78 Å². The van der Waals surface area contributed by atoms with Crippen LogP contribution in [0.5, 0.6) is 0 Å². The number of anilines is 2. The van der Waals surface area contributed by atoms with Crippen molar-refractivity contribution in [1.29, 1.82) is 0 Å². The van der Waals surface area contributed by atoms with Crippen LogP contribution in [0.3, 0.4) is 0 Å². The van der Waals surface area contributed by atoms with Crippen LogP contribution >= 0.6 is 15.9 Å². The molecular weight excluding hydrogens is 320 g/mol. The van der Waals surface area contributed by atoms with E-state index in [1.54, 1.807) is 49.5 Å². The van der Waals surface area contributed by atoms with Crippen molar-refractivity contribution in [2.75, 3.05) is 17.7 Å². The molecule has 0 aliphatic heterocycles. The summed E-state index contributed by atoms with van der Waals surface area (Å²) < 4.78 is 0.762. The predicted molar refractivity (Wildman–Crippen MR) is 82.9 cm³/mol. The molecule has 0 aromatic heterocycles. The molecule has 2 aromatic carbocycles. The number of rotatable bonds is 4. The summed E-state index contributed by atoms with van der Waals surface area (Å²) in [6.45, 7) is 0. The van der Waals surface area contributed by atoms with Gasteiger partial charge in [0.25, 0.3) is 0 Å². The molecule has 0 saturated heterocycles. The molecule has 20 heavy (non-hydrogen) atoms. The van der Waals surface area contributed by atoms with Crippen LogP contribution in [0.15, 0.2) is 46.9 Å². The normalized spacial score (nSPS) is 10.1. The summed E-state index contributed by atoms with van der Waals surface area (Å²) in [4.78, 5) is 24.4. The molecule has 102 valence electrons. The van der Waals surface area contributed by atoms with E-state index in [0.717, 1.165) is 10.2 Å². The molecule has 0 unspecified atom stereocenters. The zero-order valence-electron chi connectivity index (χ0n) is 10.8. The molecule has 2 aromatic rings. The van der Waals surface area contributed by atoms with Crippen LogP contribution < -0.4 is 10.6 Å². The zero-order valence-corrected chi connectivity index (χ0v) is 12.4. The molecule has 0 atom stereocenters. The lowest BCUT2D eigenvalue weighted by Crippen LogP contribution is -2.13. The van der Waals surface area contributed by atoms with Crippen LogP contribution in [0.2, 0.25) is 0 Å². The first-order chi connectivity index (χ1) is 9.51. The van der Waals surface area contributed by atoms with E-state index in [1.165, 1.54) is 4.90 Å². The fourth-order valence-corrected chi connectivity index (χ4v) is 2.33. The minimum Gasteiger partial charge on any atom is -0.399 e. The van der Waals surface area contributed by atoms with Crippen molar-refractivity contribution in [3.63, 3.8) is 0 Å². The Hall–Kier alpha value is -2.14. The number of nitrogens with zero attached hydrogens (tertiary/aromatic N) is 1. The first-order valence-electron chi connectivity index (χ1n) is 5.90. The Kier molecular flexibility index (Phi) is 4.20. The Bertz CT molecular complexity index is 633. The highest BCUT2D eigenvalue weighted by atomic mass is 79.9. The van der Waals surface area contributed by atoms with Gasteiger partial charge in [0.05, 0.1) is 0 Å². The van der Waals surface area contributed by atoms with Crippen molar-refractivity contribution >= 4 is 39.5 Å². The van der Waals surface area contributed by atoms with Gasteiger partial charge in [-0.15, -0.1) is 0 Å². The van der Waals surface area contributed by atoms with Gasteiger partial charge in [0, 0.05) is 34.0 Å². The van der Waals surface area contributed by atoms with E-state index in [1.807, 2.05) is 0 Å². The monoisotopic (exact) mass is 332 g/mol. The number of carbonyl (C=O) groups excluding carboxylic acids is 2. The first-order valence-corrected chi connectivity index (χ1v) is 6.69. The summed E-state index contributed by atoms with van der Waals surface area (Å²) in [6, 6.07) is 11.9. The highest BCUT2D eigenvalue weighted by molar-refractivity contribution is 9.10. The van der Waals surface area contributed by atoms with Gasteiger partial charge in [-0.2, -0.15) is 0 Å². The molecule has 2 rings (SSSR count). The minimum atomic E-state index is -0.113. The maximum absolute atomic E-state index is 12.3. The Morgan fingerprint density at radius 1 is 1.15 bits per heavy atom. The second kappa shape index (κ2) is 5.88. The van der Waals surface area contributed by atoms with Crippen LogP contribution in [0.25, 0.3) is 0 Å². The standard InChI is InChI=1S/C15H13BrN2O2/c1-18(9-19)14-4-2-10(3-5-14)15(20)11-6-12(16)8-13(17)7-11/h2-9H,17H2,1H3. The zero-order chi connectivity index (χ0) is 14.7. The van der Waals surface area contributed by atoms with Gasteiger partial charge in [-0.1, -0.05) is 15.9 Å². The van der Waals surface area contributed by atoms with Gasteiger partial charge in [0.2, 0.25) is 6.41 Å². The van der Waals surface area contributed by atoms with E-state index in [2.05, 4.69) is 15.9 Å². The molecule has 1 amide bonds. The quantitative estimate of drug-likeness (QED) is 0.532. The van der Waals surface area contributed by atoms with Crippen molar-refractivity contribution in [3.8, 4) is 0 Å². The lowest BCUT2D eigenvalue weighted by Gasteiger charge is -2.11. The van der Waals surface area contributed by atoms with E-state index in [9.17, 15) is 9.59 Å². The van der Waals surface area contributed by atoms with Crippen LogP contribution in [0.4, 0.5) is 11.4 Å². The largest absolute Gasteiger partial charge is 0.399 e. The third-order valence-electron chi connectivity index (χ3n) is 2.88. The molecular formula is C15H13BrN2O2. The third-order valence-corrected chi connectivity index (χ3v) is 3.34. The topological polar surface area (TPSA) is 63.4 Å². The SMILES string of the molecule is CN(C=O)c1ccc(C(=O)c2cc(N)cc(Br)c2)cc1. The number of carbonyl (C=O) groups is 2. The highest BCUT2D eigenvalue weighted by Gasteiger charge is 2.11. The average Bonchev–Trinajstić information content (AvgIpc) is 2.45. The van der Waals surface area contributed by atoms with E-state index >= 15 is 0 Å². The van der Waals surface area contributed by atoms with Gasteiger partial charge < -0.3 is 10.6 Å². The van der Waals surface area contributed by atoms with E-state index in [0.29, 0.717) is 23.2 Å². The fourth-order valence-electron chi connectivity index (χ4n) is 1.82. The average molecular weight is 333 g/mol. The fraction of sp³-hybridized carbons (Fsp3) is 0.0667. The van der Waals surface area contributed by atoms with E-state index in [-0.39, 0.29) is 5.78 Å². The van der Waals surface area contributed by atoms with E-state index < -0.39 is 0 Å². The first kappa shape index (κ1) is 14.3. The van der Waals surface area contributed by atoms with Crippen LogP contribution in [-0.4, -0.2) is 19.2 Å². The number of ketones is 1. The Morgan fingerprint density at radius 2 is 1.80 bits per heavy atom. The second-order valence-electron chi connectivity index (χ2n) is 4.37. The molecule has 5 heteroatoms. The van der Waals surface area contributed by atoms with Gasteiger partial charge in [-0.3, -0.25) is 9.59 Å². The highest BCUT2D eigenvalue weighted by Crippen LogP contribution is 2.21. The molecule has 0 fully saturated rings. The van der Waals surface area contributed by atoms with Crippen molar-refractivity contribution in [1.82, 2.24) is 0 Å². The number of nitrogen functional groups attached to an aromatic ring is 1. The molecule has 0 radical (unpaired) electrons. The molecule has 0 spiro atoms. The van der Waals surface area contributed by atoms with Crippen LogP contribution in [0, 0.1) is 0 Å². The summed E-state index contributed by atoms with van der Waals surface area (Å²) in [5.41, 5.74) is 8.05. The Balaban J connectivity index is 2.31. The van der Waals surface area contributed by atoms with Crippen molar-refractivity contribution in [2.45, 2.75) is 0 Å². The number of amides is 1. The van der Waals surface area contributed by atoms with Crippen molar-refractivity contribution in [2.24, 2.45) is 0 Å². The second-order valence-corrected chi connectivity index (χ2v) is 5.28. The Morgan fingerprint density at radius 3 is 2.35 bits per heavy atom.